The van der Waals surface area contributed by atoms with E-state index < -0.39 is 6.36 Å². The summed E-state index contributed by atoms with van der Waals surface area (Å²) in [5.74, 6) is -0.236. The molecular formula is C41H29F3O. The molecule has 0 unspecified atom stereocenters. The van der Waals surface area contributed by atoms with Gasteiger partial charge >= 0.3 is 6.36 Å². The Morgan fingerprint density at radius 2 is 0.867 bits per heavy atom. The highest BCUT2D eigenvalue weighted by Gasteiger charge is 2.31. The van der Waals surface area contributed by atoms with E-state index in [1.165, 1.54) is 50.0 Å². The van der Waals surface area contributed by atoms with Crippen molar-refractivity contribution in [2.24, 2.45) is 0 Å². The van der Waals surface area contributed by atoms with E-state index in [-0.39, 0.29) is 11.2 Å². The molecule has 0 fully saturated rings. The largest absolute Gasteiger partial charge is 0.573 e. The van der Waals surface area contributed by atoms with Crippen LogP contribution in [0.2, 0.25) is 0 Å². The van der Waals surface area contributed by atoms with Crippen molar-refractivity contribution in [3.8, 4) is 28.0 Å². The summed E-state index contributed by atoms with van der Waals surface area (Å²) in [6.45, 7) is 6.76. The van der Waals surface area contributed by atoms with Gasteiger partial charge in [-0.15, -0.1) is 13.2 Å². The molecule has 220 valence electrons. The topological polar surface area (TPSA) is 9.23 Å². The molecule has 0 saturated heterocycles. The van der Waals surface area contributed by atoms with Crippen LogP contribution < -0.4 is 4.74 Å². The van der Waals surface area contributed by atoms with Gasteiger partial charge in [0.15, 0.2) is 0 Å². The fourth-order valence-electron chi connectivity index (χ4n) is 6.99. The molecule has 45 heavy (non-hydrogen) atoms. The average Bonchev–Trinajstić information content (AvgIpc) is 3.01. The van der Waals surface area contributed by atoms with E-state index in [4.69, 9.17) is 0 Å². The third kappa shape index (κ3) is 4.55. The standard InChI is InChI=1S/C41H29F3O/c1-40(2,3)30-22-27-14-12-25-20-29(21-26-13-15-28(23-30)37(27)36(25)26)39-34-10-6-4-8-32(34)38(33-9-5-7-11-35(33)39)24-16-18-31(19-17-24)45-41(42,43)44/h4-23H,1-3H3. The highest BCUT2D eigenvalue weighted by molar-refractivity contribution is 6.26. The fraction of sp³-hybridized carbons (Fsp3) is 0.122. The molecule has 0 aliphatic carbocycles. The third-order valence-electron chi connectivity index (χ3n) is 9.00. The highest BCUT2D eigenvalue weighted by Crippen LogP contribution is 2.46. The SMILES string of the molecule is CC(C)(C)c1cc2ccc3cc(-c4c5ccccc5c(-c5ccc(OC(F)(F)F)cc5)c5ccccc45)cc4ccc(c1)c2c34. The maximum atomic E-state index is 12.9. The van der Waals surface area contributed by atoms with Crippen LogP contribution in [-0.4, -0.2) is 6.36 Å². The first-order chi connectivity index (χ1) is 21.5. The molecule has 0 radical (unpaired) electrons. The molecule has 0 atom stereocenters. The van der Waals surface area contributed by atoms with Gasteiger partial charge in [-0.05, 0) is 111 Å². The van der Waals surface area contributed by atoms with E-state index in [1.807, 2.05) is 24.3 Å². The van der Waals surface area contributed by atoms with Gasteiger partial charge in [0.1, 0.15) is 5.75 Å². The molecule has 0 aliphatic rings. The molecule has 8 aromatic carbocycles. The number of hydrogen-bond donors (Lipinski definition) is 0. The fourth-order valence-corrected chi connectivity index (χ4v) is 6.99. The highest BCUT2D eigenvalue weighted by atomic mass is 19.4. The van der Waals surface area contributed by atoms with Crippen LogP contribution in [0.3, 0.4) is 0 Å². The lowest BCUT2D eigenvalue weighted by Crippen LogP contribution is -2.16. The minimum Gasteiger partial charge on any atom is -0.406 e. The quantitative estimate of drug-likeness (QED) is 0.146. The Morgan fingerprint density at radius 3 is 1.27 bits per heavy atom. The van der Waals surface area contributed by atoms with Gasteiger partial charge in [0.2, 0.25) is 0 Å². The van der Waals surface area contributed by atoms with E-state index in [0.29, 0.717) is 0 Å². The van der Waals surface area contributed by atoms with Crippen molar-refractivity contribution in [2.75, 3.05) is 0 Å². The summed E-state index contributed by atoms with van der Waals surface area (Å²) in [7, 11) is 0. The third-order valence-corrected chi connectivity index (χ3v) is 9.00. The van der Waals surface area contributed by atoms with Crippen LogP contribution in [0.4, 0.5) is 13.2 Å². The Hall–Kier alpha value is -5.09. The van der Waals surface area contributed by atoms with Crippen LogP contribution in [-0.2, 0) is 5.41 Å². The number of fused-ring (bicyclic) bond motifs is 2. The van der Waals surface area contributed by atoms with Gasteiger partial charge in [0, 0.05) is 0 Å². The van der Waals surface area contributed by atoms with E-state index in [9.17, 15) is 13.2 Å². The zero-order valence-electron chi connectivity index (χ0n) is 25.1. The van der Waals surface area contributed by atoms with Crippen LogP contribution in [0, 0.1) is 0 Å². The minimum atomic E-state index is -4.74. The molecule has 0 bridgehead atoms. The Morgan fingerprint density at radius 1 is 0.467 bits per heavy atom. The number of ether oxygens (including phenoxy) is 1. The molecule has 8 aromatic rings. The smallest absolute Gasteiger partial charge is 0.406 e. The van der Waals surface area contributed by atoms with E-state index in [2.05, 4.69) is 98.3 Å². The first kappa shape index (κ1) is 27.5. The van der Waals surface area contributed by atoms with Crippen LogP contribution >= 0.6 is 0 Å². The van der Waals surface area contributed by atoms with Crippen molar-refractivity contribution in [1.82, 2.24) is 0 Å². The lowest BCUT2D eigenvalue weighted by Gasteiger charge is -2.22. The van der Waals surface area contributed by atoms with E-state index in [0.717, 1.165) is 43.8 Å². The Kier molecular flexibility index (Phi) is 5.92. The summed E-state index contributed by atoms with van der Waals surface area (Å²) in [6.07, 6.45) is -4.74. The predicted octanol–water partition coefficient (Wildman–Crippen LogP) is 12.4. The normalized spacial score (nSPS) is 12.7. The summed E-state index contributed by atoms with van der Waals surface area (Å²) >= 11 is 0. The van der Waals surface area contributed by atoms with Crippen LogP contribution in [0.25, 0.3) is 76.1 Å². The second kappa shape index (κ2) is 9.70. The predicted molar refractivity (Wildman–Crippen MR) is 181 cm³/mol. The molecule has 0 heterocycles. The molecular weight excluding hydrogens is 565 g/mol. The molecule has 0 saturated carbocycles. The summed E-state index contributed by atoms with van der Waals surface area (Å²) in [5, 5.41) is 11.7. The van der Waals surface area contributed by atoms with Crippen molar-refractivity contribution < 1.29 is 17.9 Å². The molecule has 8 rings (SSSR count). The van der Waals surface area contributed by atoms with Gasteiger partial charge in [0.25, 0.3) is 0 Å². The van der Waals surface area contributed by atoms with Crippen molar-refractivity contribution >= 4 is 53.9 Å². The van der Waals surface area contributed by atoms with Crippen LogP contribution in [0.15, 0.2) is 121 Å². The molecule has 0 N–H and O–H groups in total. The first-order valence-corrected chi connectivity index (χ1v) is 15.1. The maximum Gasteiger partial charge on any atom is 0.573 e. The Labute approximate surface area is 258 Å². The monoisotopic (exact) mass is 594 g/mol. The van der Waals surface area contributed by atoms with Gasteiger partial charge in [-0.3, -0.25) is 0 Å². The summed E-state index contributed by atoms with van der Waals surface area (Å²) in [4.78, 5) is 0. The summed E-state index contributed by atoms with van der Waals surface area (Å²) in [6, 6.07) is 41.0. The first-order valence-electron chi connectivity index (χ1n) is 15.1. The second-order valence-corrected chi connectivity index (χ2v) is 12.9. The number of benzene rings is 8. The minimum absolute atomic E-state index is 0.0603. The van der Waals surface area contributed by atoms with E-state index >= 15 is 0 Å². The average molecular weight is 595 g/mol. The molecule has 0 spiro atoms. The zero-order valence-corrected chi connectivity index (χ0v) is 25.1. The number of hydrogen-bond acceptors (Lipinski definition) is 1. The molecule has 0 amide bonds. The van der Waals surface area contributed by atoms with E-state index in [1.54, 1.807) is 12.1 Å². The summed E-state index contributed by atoms with van der Waals surface area (Å²) in [5.41, 5.74) is 5.47. The zero-order chi connectivity index (χ0) is 31.1. The lowest BCUT2D eigenvalue weighted by molar-refractivity contribution is -0.274. The summed E-state index contributed by atoms with van der Waals surface area (Å²) < 4.78 is 42.7. The maximum absolute atomic E-state index is 12.9. The van der Waals surface area contributed by atoms with Gasteiger partial charge in [0.05, 0.1) is 0 Å². The molecule has 4 heteroatoms. The Balaban J connectivity index is 1.38. The van der Waals surface area contributed by atoms with Crippen LogP contribution in [0.1, 0.15) is 26.3 Å². The molecule has 1 nitrogen and oxygen atoms in total. The van der Waals surface area contributed by atoms with Crippen molar-refractivity contribution in [2.45, 2.75) is 32.5 Å². The lowest BCUT2D eigenvalue weighted by atomic mass is 9.82. The second-order valence-electron chi connectivity index (χ2n) is 12.9. The Bertz CT molecular complexity index is 2290. The van der Waals surface area contributed by atoms with Crippen molar-refractivity contribution in [1.29, 1.82) is 0 Å². The van der Waals surface area contributed by atoms with Crippen molar-refractivity contribution in [3.63, 3.8) is 0 Å². The molecule has 0 aliphatic heterocycles. The van der Waals surface area contributed by atoms with Gasteiger partial charge in [-0.25, -0.2) is 0 Å². The number of alkyl halides is 3. The van der Waals surface area contributed by atoms with Crippen molar-refractivity contribution in [3.05, 3.63) is 127 Å². The van der Waals surface area contributed by atoms with Gasteiger partial charge < -0.3 is 4.74 Å². The van der Waals surface area contributed by atoms with Gasteiger partial charge in [-0.1, -0.05) is 118 Å². The number of rotatable bonds is 3. The van der Waals surface area contributed by atoms with Crippen LogP contribution in [0.5, 0.6) is 5.75 Å². The number of halogens is 3. The molecule has 0 aromatic heterocycles. The van der Waals surface area contributed by atoms with Gasteiger partial charge in [-0.2, -0.15) is 0 Å².